The monoisotopic (exact) mass is 642 g/mol. The number of hydrogen-bond acceptors (Lipinski definition) is 8. The van der Waals surface area contributed by atoms with Crippen molar-refractivity contribution in [1.82, 2.24) is 10.3 Å². The molecule has 5 N–H and O–H groups in total. The lowest BCUT2D eigenvalue weighted by Crippen LogP contribution is -2.32. The van der Waals surface area contributed by atoms with Crippen molar-refractivity contribution in [1.29, 1.82) is 0 Å². The molecule has 3 aromatic rings. The normalized spacial score (nSPS) is 15.9. The summed E-state index contributed by atoms with van der Waals surface area (Å²) in [6, 6.07) is 6.76. The third-order valence-corrected chi connectivity index (χ3v) is 8.02. The summed E-state index contributed by atoms with van der Waals surface area (Å²) in [5.41, 5.74) is 12.0. The zero-order valence-electron chi connectivity index (χ0n) is 27.5. The zero-order chi connectivity index (χ0) is 33.3. The van der Waals surface area contributed by atoms with Crippen LogP contribution in [0.15, 0.2) is 115 Å². The quantitative estimate of drug-likeness (QED) is 0.0434. The maximum atomic E-state index is 12.4. The van der Waals surface area contributed by atoms with Crippen LogP contribution in [-0.4, -0.2) is 30.6 Å². The summed E-state index contributed by atoms with van der Waals surface area (Å²) in [6.07, 6.45) is 19.2. The summed E-state index contributed by atoms with van der Waals surface area (Å²) in [6.45, 7) is 11.7. The average Bonchev–Trinajstić information content (AvgIpc) is 3.45. The van der Waals surface area contributed by atoms with Crippen LogP contribution in [0.2, 0.25) is 0 Å². The first-order valence-electron chi connectivity index (χ1n) is 15.7. The van der Waals surface area contributed by atoms with Crippen LogP contribution in [0, 0.1) is 5.41 Å². The van der Waals surface area contributed by atoms with Gasteiger partial charge in [-0.3, -0.25) is 4.79 Å². The van der Waals surface area contributed by atoms with Gasteiger partial charge in [0.05, 0.1) is 19.4 Å². The molecule has 0 atom stereocenters. The molecule has 0 aliphatic heterocycles. The summed E-state index contributed by atoms with van der Waals surface area (Å²) < 4.78 is 16.9. The Morgan fingerprint density at radius 3 is 2.66 bits per heavy atom. The number of nitrogens with one attached hydrogen (secondary N) is 1. The van der Waals surface area contributed by atoms with Crippen LogP contribution < -0.4 is 27.3 Å². The number of carbonyl (C=O) groups excluding carboxylic acids is 1. The molecule has 0 bridgehead atoms. The number of furan rings is 1. The van der Waals surface area contributed by atoms with Crippen molar-refractivity contribution in [2.45, 2.75) is 67.7 Å². The van der Waals surface area contributed by atoms with Crippen LogP contribution in [0.4, 0.5) is 0 Å². The molecule has 252 valence electrons. The summed E-state index contributed by atoms with van der Waals surface area (Å²) in [5.74, 6) is 6.22. The molecule has 0 saturated heterocycles. The lowest BCUT2D eigenvalue weighted by atomic mass is 9.72. The zero-order valence-corrected chi connectivity index (χ0v) is 27.5. The van der Waals surface area contributed by atoms with Crippen LogP contribution in [0.5, 0.6) is 5.75 Å². The molecular formula is C38H50N4O5. The minimum absolute atomic E-state index is 0. The van der Waals surface area contributed by atoms with E-state index in [4.69, 9.17) is 25.1 Å². The van der Waals surface area contributed by atoms with E-state index in [0.717, 1.165) is 21.9 Å². The fourth-order valence-electron chi connectivity index (χ4n) is 5.61. The molecule has 9 nitrogen and oxygen atoms in total. The van der Waals surface area contributed by atoms with Crippen molar-refractivity contribution in [2.75, 3.05) is 19.7 Å². The van der Waals surface area contributed by atoms with Gasteiger partial charge in [-0.1, -0.05) is 62.8 Å². The molecule has 0 saturated carbocycles. The number of nitrogens with two attached hydrogens (primary N) is 2. The highest BCUT2D eigenvalue weighted by molar-refractivity contribution is 5.99. The molecule has 9 heteroatoms. The van der Waals surface area contributed by atoms with Gasteiger partial charge in [-0.25, -0.2) is 10.6 Å². The molecule has 1 aromatic carbocycles. The second kappa shape index (κ2) is 16.7. The molecule has 1 aliphatic rings. The van der Waals surface area contributed by atoms with Gasteiger partial charge in [0.2, 0.25) is 11.7 Å². The largest absolute Gasteiger partial charge is 0.486 e. The summed E-state index contributed by atoms with van der Waals surface area (Å²) in [7, 11) is 0. The lowest BCUT2D eigenvalue weighted by Gasteiger charge is -2.32. The van der Waals surface area contributed by atoms with Gasteiger partial charge in [0, 0.05) is 47.8 Å². The van der Waals surface area contributed by atoms with Crippen molar-refractivity contribution in [3.05, 3.63) is 112 Å². The highest BCUT2D eigenvalue weighted by Gasteiger charge is 2.26. The second-order valence-electron chi connectivity index (χ2n) is 12.5. The number of ether oxygens (including phenoxy) is 1. The number of fused-ring (bicyclic) bond motifs is 2. The second-order valence-corrected chi connectivity index (χ2v) is 12.5. The first-order valence-corrected chi connectivity index (χ1v) is 15.7. The first kappa shape index (κ1) is 36.7. The maximum Gasteiger partial charge on any atom is 0.336 e. The van der Waals surface area contributed by atoms with E-state index < -0.39 is 5.63 Å². The molecule has 4 rings (SSSR count). The first-order chi connectivity index (χ1) is 21.9. The molecular weight excluding hydrogens is 592 g/mol. The minimum Gasteiger partial charge on any atom is -0.486 e. The fourth-order valence-corrected chi connectivity index (χ4v) is 5.61. The number of rotatable bonds is 13. The summed E-state index contributed by atoms with van der Waals surface area (Å²) in [5, 5.41) is 5.81. The fraction of sp³-hybridized carbons (Fsp3) is 0.368. The third-order valence-electron chi connectivity index (χ3n) is 8.02. The molecule has 0 fully saturated rings. The average molecular weight is 643 g/mol. The van der Waals surface area contributed by atoms with E-state index >= 15 is 0 Å². The Morgan fingerprint density at radius 1 is 1.13 bits per heavy atom. The molecule has 0 radical (unpaired) electrons. The van der Waals surface area contributed by atoms with Gasteiger partial charge in [0.25, 0.3) is 0 Å². The van der Waals surface area contributed by atoms with Gasteiger partial charge < -0.3 is 29.6 Å². The van der Waals surface area contributed by atoms with Crippen LogP contribution in [-0.2, 0) is 4.79 Å². The Balaban J connectivity index is 0.00000600. The number of allylic oxidation sites excluding steroid dienone is 9. The van der Waals surface area contributed by atoms with Gasteiger partial charge in [0.15, 0.2) is 11.2 Å². The van der Waals surface area contributed by atoms with E-state index in [-0.39, 0.29) is 25.3 Å². The van der Waals surface area contributed by atoms with Crippen LogP contribution >= 0.6 is 0 Å². The van der Waals surface area contributed by atoms with Gasteiger partial charge in [-0.15, -0.1) is 0 Å². The van der Waals surface area contributed by atoms with Crippen LogP contribution in [0.3, 0.4) is 0 Å². The topological polar surface area (TPSA) is 137 Å². The van der Waals surface area contributed by atoms with Crippen LogP contribution in [0.25, 0.3) is 21.9 Å². The van der Waals surface area contributed by atoms with Gasteiger partial charge in [0.1, 0.15) is 0 Å². The molecule has 2 heterocycles. The number of nitrogens with zero attached hydrogens (tertiary/aromatic N) is 1. The minimum atomic E-state index is -0.468. The van der Waals surface area contributed by atoms with Crippen molar-refractivity contribution in [2.24, 2.45) is 17.0 Å². The van der Waals surface area contributed by atoms with Gasteiger partial charge >= 0.3 is 5.63 Å². The van der Waals surface area contributed by atoms with E-state index in [2.05, 4.69) is 45.2 Å². The lowest BCUT2D eigenvalue weighted by molar-refractivity contribution is -0.116. The Kier molecular flexibility index (Phi) is 13.0. The third kappa shape index (κ3) is 10.4. The Bertz CT molecular complexity index is 1800. The van der Waals surface area contributed by atoms with Gasteiger partial charge in [-0.2, -0.15) is 0 Å². The predicted molar refractivity (Wildman–Crippen MR) is 191 cm³/mol. The molecule has 1 amide bonds. The van der Waals surface area contributed by atoms with Crippen molar-refractivity contribution < 1.29 is 18.4 Å². The molecule has 0 spiro atoms. The Labute approximate surface area is 278 Å². The molecule has 47 heavy (non-hydrogen) atoms. The van der Waals surface area contributed by atoms with E-state index in [1.165, 1.54) is 47.6 Å². The van der Waals surface area contributed by atoms with Crippen molar-refractivity contribution in [3.63, 3.8) is 0 Å². The SMILES string of the molecule is C.CC1=C(/C=C/C(C)=C/C=C/C(C)=C/C(=O)NC/C(N)=C/N(N)CCCOc2c3occc3cc3ccc(=O)oc23)C(C)(C)CCC1. The smallest absolute Gasteiger partial charge is 0.336 e. The predicted octanol–water partition coefficient (Wildman–Crippen LogP) is 7.57. The maximum absolute atomic E-state index is 12.4. The van der Waals surface area contributed by atoms with Gasteiger partial charge in [-0.05, 0) is 74.8 Å². The number of amides is 1. The molecule has 1 aliphatic carbocycles. The van der Waals surface area contributed by atoms with Crippen LogP contribution in [0.1, 0.15) is 67.7 Å². The number of benzene rings is 1. The standard InChI is InChI=1S/C37H46N4O5.CH4/c1-25(12-14-31-27(3)11-7-17-37(31,4)5)9-6-10-26(2)21-32(42)40-23-30(38)24-41(39)18-8-19-44-36-34-29(16-20-45-34)22-28-13-15-33(43)46-35(28)36;/h6,9-10,12-16,20-22,24H,7-8,11,17-19,23,38-39H2,1-5H3,(H,40,42);1H4/b10-6+,14-12+,25-9+,26-21+,30-24-;. The highest BCUT2D eigenvalue weighted by Crippen LogP contribution is 2.41. The highest BCUT2D eigenvalue weighted by atomic mass is 16.5. The Morgan fingerprint density at radius 2 is 1.89 bits per heavy atom. The summed E-state index contributed by atoms with van der Waals surface area (Å²) >= 11 is 0. The molecule has 0 unspecified atom stereocenters. The van der Waals surface area contributed by atoms with Crippen molar-refractivity contribution >= 4 is 27.8 Å². The Hall–Kier alpha value is -4.76. The number of hydrazine groups is 1. The number of hydrogen-bond donors (Lipinski definition) is 3. The van der Waals surface area contributed by atoms with Crippen molar-refractivity contribution in [3.8, 4) is 5.75 Å². The van der Waals surface area contributed by atoms with E-state index in [9.17, 15) is 9.59 Å². The van der Waals surface area contributed by atoms with E-state index in [1.807, 2.05) is 37.3 Å². The molecule has 2 aromatic heterocycles. The van der Waals surface area contributed by atoms with E-state index in [1.54, 1.807) is 18.5 Å². The summed E-state index contributed by atoms with van der Waals surface area (Å²) in [4.78, 5) is 24.2. The number of carbonyl (C=O) groups is 1. The van der Waals surface area contributed by atoms with E-state index in [0.29, 0.717) is 42.2 Å².